The van der Waals surface area contributed by atoms with Crippen LogP contribution in [0.5, 0.6) is 0 Å². The Balaban J connectivity index is 1.53. The van der Waals surface area contributed by atoms with Gasteiger partial charge in [-0.2, -0.15) is 0 Å². The molecular formula is C35H31N2+. The second-order valence-corrected chi connectivity index (χ2v) is 11.5. The van der Waals surface area contributed by atoms with Crippen LogP contribution in [-0.2, 0) is 12.5 Å². The second kappa shape index (κ2) is 7.66. The third kappa shape index (κ3) is 3.22. The average Bonchev–Trinajstić information content (AvgIpc) is 3.39. The van der Waals surface area contributed by atoms with Crippen LogP contribution >= 0.6 is 0 Å². The maximum atomic E-state index is 2.48. The Morgan fingerprint density at radius 3 is 2.08 bits per heavy atom. The molecule has 3 aromatic heterocycles. The lowest BCUT2D eigenvalue weighted by Gasteiger charge is -2.19. The fraction of sp³-hybridized carbons (Fsp3) is 0.171. The van der Waals surface area contributed by atoms with E-state index < -0.39 is 0 Å². The molecular weight excluding hydrogens is 448 g/mol. The van der Waals surface area contributed by atoms with Gasteiger partial charge in [0, 0.05) is 38.7 Å². The minimum Gasteiger partial charge on any atom is -0.308 e. The molecule has 2 nitrogen and oxygen atoms in total. The van der Waals surface area contributed by atoms with Gasteiger partial charge in [-0.15, -0.1) is 0 Å². The summed E-state index contributed by atoms with van der Waals surface area (Å²) in [6.45, 7) is 9.17. The van der Waals surface area contributed by atoms with Crippen LogP contribution < -0.4 is 4.57 Å². The van der Waals surface area contributed by atoms with Gasteiger partial charge in [0.2, 0.25) is 5.69 Å². The van der Waals surface area contributed by atoms with E-state index in [-0.39, 0.29) is 5.41 Å². The first kappa shape index (κ1) is 22.1. The SMILES string of the molecule is Cc1cc2c(cc1-c1ccc(-c3ccccc3)c[n+]1C)c1cc(C(C)(C)C)cc3c4ccccc4n2c31. The molecule has 7 aromatic rings. The summed E-state index contributed by atoms with van der Waals surface area (Å²) >= 11 is 0. The summed E-state index contributed by atoms with van der Waals surface area (Å²) in [5, 5.41) is 5.36. The van der Waals surface area contributed by atoms with Crippen LogP contribution in [0.15, 0.2) is 97.2 Å². The molecule has 4 aromatic carbocycles. The van der Waals surface area contributed by atoms with Crippen molar-refractivity contribution >= 4 is 38.1 Å². The Kier molecular flexibility index (Phi) is 4.57. The quantitative estimate of drug-likeness (QED) is 0.219. The summed E-state index contributed by atoms with van der Waals surface area (Å²) in [4.78, 5) is 0. The molecule has 2 heteroatoms. The monoisotopic (exact) mass is 479 g/mol. The van der Waals surface area contributed by atoms with E-state index in [1.54, 1.807) is 0 Å². The van der Waals surface area contributed by atoms with Gasteiger partial charge < -0.3 is 4.40 Å². The average molecular weight is 480 g/mol. The number of para-hydroxylation sites is 1. The Morgan fingerprint density at radius 1 is 0.649 bits per heavy atom. The molecule has 0 aliphatic carbocycles. The highest BCUT2D eigenvalue weighted by atomic mass is 14.9. The Hall–Kier alpha value is -4.17. The fourth-order valence-electron chi connectivity index (χ4n) is 6.04. The summed E-state index contributed by atoms with van der Waals surface area (Å²) in [6.07, 6.45) is 2.24. The van der Waals surface area contributed by atoms with Crippen molar-refractivity contribution in [2.75, 3.05) is 0 Å². The second-order valence-electron chi connectivity index (χ2n) is 11.5. The predicted octanol–water partition coefficient (Wildman–Crippen LogP) is 8.60. The van der Waals surface area contributed by atoms with Crippen molar-refractivity contribution in [2.24, 2.45) is 7.05 Å². The van der Waals surface area contributed by atoms with Crippen molar-refractivity contribution in [2.45, 2.75) is 33.1 Å². The lowest BCUT2D eigenvalue weighted by Crippen LogP contribution is -2.30. The number of hydrogen-bond donors (Lipinski definition) is 0. The number of fused-ring (bicyclic) bond motifs is 6. The minimum atomic E-state index is 0.0733. The van der Waals surface area contributed by atoms with E-state index in [1.165, 1.54) is 71.6 Å². The maximum absolute atomic E-state index is 2.48. The highest BCUT2D eigenvalue weighted by Gasteiger charge is 2.24. The molecule has 0 N–H and O–H groups in total. The molecule has 0 radical (unpaired) electrons. The molecule has 0 aliphatic heterocycles. The summed E-state index contributed by atoms with van der Waals surface area (Å²) < 4.78 is 4.75. The zero-order valence-corrected chi connectivity index (χ0v) is 22.1. The first-order valence-electron chi connectivity index (χ1n) is 13.1. The van der Waals surface area contributed by atoms with Gasteiger partial charge in [-0.25, -0.2) is 4.57 Å². The van der Waals surface area contributed by atoms with Crippen molar-refractivity contribution in [3.8, 4) is 22.4 Å². The van der Waals surface area contributed by atoms with E-state index in [1.807, 2.05) is 0 Å². The van der Waals surface area contributed by atoms with Crippen molar-refractivity contribution in [3.63, 3.8) is 0 Å². The first-order valence-corrected chi connectivity index (χ1v) is 13.1. The van der Waals surface area contributed by atoms with Crippen molar-refractivity contribution < 1.29 is 4.57 Å². The van der Waals surface area contributed by atoms with Crippen LogP contribution in [0.2, 0.25) is 0 Å². The number of rotatable bonds is 2. The number of aryl methyl sites for hydroxylation is 2. The molecule has 0 amide bonds. The fourth-order valence-corrected chi connectivity index (χ4v) is 6.04. The van der Waals surface area contributed by atoms with E-state index in [9.17, 15) is 0 Å². The van der Waals surface area contributed by atoms with E-state index in [0.29, 0.717) is 0 Å². The lowest BCUT2D eigenvalue weighted by molar-refractivity contribution is -0.659. The highest BCUT2D eigenvalue weighted by molar-refractivity contribution is 6.24. The molecule has 180 valence electrons. The van der Waals surface area contributed by atoms with Crippen molar-refractivity contribution in [1.29, 1.82) is 0 Å². The zero-order chi connectivity index (χ0) is 25.5. The zero-order valence-electron chi connectivity index (χ0n) is 22.1. The highest BCUT2D eigenvalue weighted by Crippen LogP contribution is 2.43. The van der Waals surface area contributed by atoms with Gasteiger partial charge in [-0.1, -0.05) is 69.3 Å². The number of pyridine rings is 1. The Labute approximate surface area is 217 Å². The molecule has 37 heavy (non-hydrogen) atoms. The molecule has 0 fully saturated rings. The number of benzene rings is 4. The molecule has 3 heterocycles. The molecule has 0 aliphatic rings. The molecule has 0 bridgehead atoms. The van der Waals surface area contributed by atoms with Crippen LogP contribution in [0.4, 0.5) is 0 Å². The van der Waals surface area contributed by atoms with Crippen molar-refractivity contribution in [1.82, 2.24) is 4.40 Å². The Morgan fingerprint density at radius 2 is 1.35 bits per heavy atom. The van der Waals surface area contributed by atoms with Crippen LogP contribution in [0, 0.1) is 6.92 Å². The summed E-state index contributed by atoms with van der Waals surface area (Å²) in [6, 6.07) is 33.6. The summed E-state index contributed by atoms with van der Waals surface area (Å²) in [5.74, 6) is 0. The lowest BCUT2D eigenvalue weighted by atomic mass is 9.85. The van der Waals surface area contributed by atoms with Crippen LogP contribution in [0.25, 0.3) is 60.5 Å². The summed E-state index contributed by atoms with van der Waals surface area (Å²) in [7, 11) is 2.16. The van der Waals surface area contributed by atoms with Gasteiger partial charge in [-0.3, -0.25) is 0 Å². The largest absolute Gasteiger partial charge is 0.308 e. The van der Waals surface area contributed by atoms with Gasteiger partial charge in [0.25, 0.3) is 0 Å². The molecule has 0 spiro atoms. The first-order chi connectivity index (χ1) is 17.8. The summed E-state index contributed by atoms with van der Waals surface area (Å²) in [5.41, 5.74) is 11.6. The van der Waals surface area contributed by atoms with E-state index in [4.69, 9.17) is 0 Å². The van der Waals surface area contributed by atoms with Crippen LogP contribution in [-0.4, -0.2) is 4.40 Å². The van der Waals surface area contributed by atoms with E-state index >= 15 is 0 Å². The Bertz CT molecular complexity index is 1970. The smallest absolute Gasteiger partial charge is 0.212 e. The molecule has 0 saturated carbocycles. The van der Waals surface area contributed by atoms with Gasteiger partial charge in [0.05, 0.1) is 16.6 Å². The van der Waals surface area contributed by atoms with Gasteiger partial charge in [0.1, 0.15) is 7.05 Å². The van der Waals surface area contributed by atoms with Gasteiger partial charge >= 0.3 is 0 Å². The number of aromatic nitrogens is 2. The molecule has 0 atom stereocenters. The molecule has 0 saturated heterocycles. The molecule has 7 rings (SSSR count). The number of nitrogens with zero attached hydrogens (tertiary/aromatic N) is 2. The van der Waals surface area contributed by atoms with E-state index in [0.717, 1.165) is 0 Å². The van der Waals surface area contributed by atoms with Crippen molar-refractivity contribution in [3.05, 3.63) is 108 Å². The predicted molar refractivity (Wildman–Crippen MR) is 157 cm³/mol. The molecule has 0 unspecified atom stereocenters. The standard InChI is InChI=1S/C35H31N2/c1-22-17-33-28(20-27(22)31-16-15-24(21-36(31)5)23-11-7-6-8-12-23)30-19-25(35(2,3)4)18-29-26-13-9-10-14-32(26)37(33)34(29)30/h6-21H,1-5H3/q+1. The van der Waals surface area contributed by atoms with Gasteiger partial charge in [0.15, 0.2) is 6.20 Å². The topological polar surface area (TPSA) is 8.29 Å². The van der Waals surface area contributed by atoms with Crippen LogP contribution in [0.1, 0.15) is 31.9 Å². The third-order valence-corrected chi connectivity index (χ3v) is 8.03. The third-order valence-electron chi connectivity index (χ3n) is 8.03. The van der Waals surface area contributed by atoms with Gasteiger partial charge in [-0.05, 0) is 65.4 Å². The minimum absolute atomic E-state index is 0.0733. The maximum Gasteiger partial charge on any atom is 0.212 e. The van der Waals surface area contributed by atoms with E-state index in [2.05, 4.69) is 141 Å². The normalized spacial score (nSPS) is 12.5. The number of hydrogen-bond acceptors (Lipinski definition) is 0. The van der Waals surface area contributed by atoms with Crippen LogP contribution in [0.3, 0.4) is 0 Å².